The molecule has 24 nitrogen and oxygen atoms in total. The number of unbranched alkanes of at least 4 members (excludes halogenated alkanes) is 1. The van der Waals surface area contributed by atoms with Gasteiger partial charge >= 0.3 is 0 Å². The maximum atomic E-state index is 13.8. The summed E-state index contributed by atoms with van der Waals surface area (Å²) in [6, 6.07) is 8.62. The van der Waals surface area contributed by atoms with Gasteiger partial charge in [-0.25, -0.2) is 0 Å². The smallest absolute Gasteiger partial charge is 0.260 e. The van der Waals surface area contributed by atoms with Crippen molar-refractivity contribution in [2.75, 3.05) is 138 Å². The zero-order valence-electron chi connectivity index (χ0n) is 47.3. The number of carbonyl (C=O) groups is 7. The lowest BCUT2D eigenvalue weighted by molar-refractivity contribution is -0.137. The van der Waals surface area contributed by atoms with Crippen LogP contribution in [0.5, 0.6) is 11.5 Å². The van der Waals surface area contributed by atoms with E-state index >= 15 is 0 Å². The molecule has 0 unspecified atom stereocenters. The van der Waals surface area contributed by atoms with Crippen molar-refractivity contribution >= 4 is 64.5 Å². The number of methoxy groups -OCH3 is 1. The highest BCUT2D eigenvalue weighted by Gasteiger charge is 2.34. The van der Waals surface area contributed by atoms with Gasteiger partial charge in [-0.05, 0) is 48.6 Å². The van der Waals surface area contributed by atoms with Crippen LogP contribution < -0.4 is 30.7 Å². The SMILES string of the molecule is CCCCOc1cc2c(cc1OC)C(=O)N1C=C(c3ccc(NC(=O)[C@H](C)NC(=O)[C@@H](NC(=O)CCOCCOCCOCCOCCOCCOCCOCCOCCNC(=O)CCN4C(=O)C=CC4=O)C(C)C)cc3)C[C@H]1C=N2. The predicted molar refractivity (Wildman–Crippen MR) is 298 cm³/mol. The molecule has 3 aliphatic rings. The van der Waals surface area contributed by atoms with Crippen LogP contribution in [0.1, 0.15) is 75.7 Å². The fraction of sp³-hybridized carbons (Fsp3) is 0.579. The van der Waals surface area contributed by atoms with Crippen LogP contribution >= 0.6 is 0 Å². The first-order valence-electron chi connectivity index (χ1n) is 27.6. The standard InChI is InChI=1S/C57H81N7O17/c1-6-7-18-81-49-37-47-46(36-48(49)72-5)57(71)64-39-43(35-45(64)38-59-47)42-8-10-44(11-9-42)61-55(69)41(4)60-56(70)54(40(2)3)62-51(66)15-19-73-21-23-75-25-27-77-29-31-79-33-34-80-32-30-78-28-26-76-24-22-74-20-16-58-50(65)14-17-63-52(67)12-13-53(63)68/h8-13,36-41,45,54H,6-7,14-35H2,1-5H3,(H,58,65)(H,60,70)(H,61,69)(H,62,66)/t41-,45-,54-/m0/s1. The minimum Gasteiger partial charge on any atom is -0.493 e. The van der Waals surface area contributed by atoms with E-state index in [1.54, 1.807) is 63.3 Å². The molecule has 0 aliphatic carbocycles. The molecule has 0 aromatic heterocycles. The Morgan fingerprint density at radius 1 is 0.654 bits per heavy atom. The summed E-state index contributed by atoms with van der Waals surface area (Å²) >= 11 is 0. The van der Waals surface area contributed by atoms with E-state index in [1.807, 2.05) is 18.3 Å². The number of rotatable bonds is 42. The number of hydrogen-bond donors (Lipinski definition) is 4. The minimum atomic E-state index is -0.908. The number of nitrogens with zero attached hydrogens (tertiary/aromatic N) is 3. The molecule has 5 rings (SSSR count). The number of fused-ring (bicyclic) bond motifs is 2. The third-order valence-corrected chi connectivity index (χ3v) is 12.6. The van der Waals surface area contributed by atoms with Crippen molar-refractivity contribution < 1.29 is 80.9 Å². The van der Waals surface area contributed by atoms with Crippen LogP contribution in [0.25, 0.3) is 5.57 Å². The molecule has 0 fully saturated rings. The van der Waals surface area contributed by atoms with E-state index in [9.17, 15) is 33.6 Å². The Kier molecular flexibility index (Phi) is 29.5. The first kappa shape index (κ1) is 65.2. The molecule has 3 heterocycles. The van der Waals surface area contributed by atoms with Gasteiger partial charge in [-0.3, -0.25) is 43.5 Å². The molecule has 0 spiro atoms. The molecule has 0 radical (unpaired) electrons. The molecule has 7 amide bonds. The summed E-state index contributed by atoms with van der Waals surface area (Å²) in [6.45, 7) is 13.9. The Morgan fingerprint density at radius 2 is 1.21 bits per heavy atom. The average Bonchev–Trinajstić information content (AvgIpc) is 4.12. The number of aliphatic imine (C=N–C) groups is 1. The zero-order valence-corrected chi connectivity index (χ0v) is 47.3. The number of benzene rings is 2. The van der Waals surface area contributed by atoms with E-state index in [-0.39, 0.29) is 62.3 Å². The zero-order chi connectivity index (χ0) is 58.2. The molecule has 2 aromatic carbocycles. The maximum absolute atomic E-state index is 13.8. The van der Waals surface area contributed by atoms with Gasteiger partial charge in [0.25, 0.3) is 17.7 Å². The van der Waals surface area contributed by atoms with Crippen molar-refractivity contribution in [2.24, 2.45) is 10.9 Å². The molecule has 3 aliphatic heterocycles. The van der Waals surface area contributed by atoms with Gasteiger partial charge in [0.1, 0.15) is 12.1 Å². The third-order valence-electron chi connectivity index (χ3n) is 12.6. The number of anilines is 1. The van der Waals surface area contributed by atoms with Gasteiger partial charge in [0, 0.05) is 68.7 Å². The summed E-state index contributed by atoms with van der Waals surface area (Å²) in [6.07, 6.45) is 8.48. The lowest BCUT2D eigenvalue weighted by Gasteiger charge is -2.24. The Balaban J connectivity index is 0.808. The summed E-state index contributed by atoms with van der Waals surface area (Å²) in [7, 11) is 1.54. The van der Waals surface area contributed by atoms with Gasteiger partial charge in [0.05, 0.1) is 137 Å². The van der Waals surface area contributed by atoms with Gasteiger partial charge < -0.3 is 73.5 Å². The number of nitrogens with one attached hydrogen (secondary N) is 4. The lowest BCUT2D eigenvalue weighted by Crippen LogP contribution is -2.53. The van der Waals surface area contributed by atoms with Crippen LogP contribution in [-0.2, 0) is 66.7 Å². The fourth-order valence-corrected chi connectivity index (χ4v) is 8.09. The number of carbonyl (C=O) groups excluding carboxylic acids is 7. The molecule has 24 heteroatoms. The first-order valence-corrected chi connectivity index (χ1v) is 27.6. The van der Waals surface area contributed by atoms with Crippen LogP contribution in [0, 0.1) is 5.92 Å². The predicted octanol–water partition coefficient (Wildman–Crippen LogP) is 3.38. The van der Waals surface area contributed by atoms with Crippen molar-refractivity contribution in [1.82, 2.24) is 25.8 Å². The normalized spacial score (nSPS) is 15.3. The third kappa shape index (κ3) is 23.0. The van der Waals surface area contributed by atoms with E-state index in [1.165, 1.54) is 12.2 Å². The van der Waals surface area contributed by atoms with Crippen LogP contribution in [0.4, 0.5) is 11.4 Å². The second-order valence-corrected chi connectivity index (χ2v) is 19.1. The molecular weight excluding hydrogens is 1050 g/mol. The van der Waals surface area contributed by atoms with Gasteiger partial charge in [-0.1, -0.05) is 39.3 Å². The molecule has 3 atom stereocenters. The van der Waals surface area contributed by atoms with Crippen molar-refractivity contribution in [2.45, 2.75) is 77.9 Å². The summed E-state index contributed by atoms with van der Waals surface area (Å²) in [5.74, 6) is -1.82. The largest absolute Gasteiger partial charge is 0.493 e. The summed E-state index contributed by atoms with van der Waals surface area (Å²) < 4.78 is 55.4. The highest BCUT2D eigenvalue weighted by molar-refractivity contribution is 6.13. The topological polar surface area (TPSA) is 279 Å². The molecule has 4 N–H and O–H groups in total. The summed E-state index contributed by atoms with van der Waals surface area (Å²) in [5, 5.41) is 11.0. The van der Waals surface area contributed by atoms with Crippen molar-refractivity contribution in [3.63, 3.8) is 0 Å². The van der Waals surface area contributed by atoms with Crippen LogP contribution in [0.15, 0.2) is 59.7 Å². The van der Waals surface area contributed by atoms with Crippen LogP contribution in [-0.4, -0.2) is 208 Å². The van der Waals surface area contributed by atoms with Gasteiger partial charge in [-0.2, -0.15) is 0 Å². The number of imide groups is 1. The Labute approximate surface area is 473 Å². The van der Waals surface area contributed by atoms with Gasteiger partial charge in [0.2, 0.25) is 23.6 Å². The van der Waals surface area contributed by atoms with E-state index < -0.39 is 35.7 Å². The van der Waals surface area contributed by atoms with Crippen molar-refractivity contribution in [1.29, 1.82) is 0 Å². The molecule has 0 saturated heterocycles. The van der Waals surface area contributed by atoms with Crippen LogP contribution in [0.2, 0.25) is 0 Å². The van der Waals surface area contributed by atoms with E-state index in [0.717, 1.165) is 28.9 Å². The van der Waals surface area contributed by atoms with Crippen molar-refractivity contribution in [3.8, 4) is 11.5 Å². The molecular formula is C57H81N7O17. The first-order chi connectivity index (χ1) is 39.3. The monoisotopic (exact) mass is 1140 g/mol. The second kappa shape index (κ2) is 36.7. The molecule has 81 heavy (non-hydrogen) atoms. The second-order valence-electron chi connectivity index (χ2n) is 19.1. The minimum absolute atomic E-state index is 0.0305. The number of hydrogen-bond acceptors (Lipinski definition) is 18. The Bertz CT molecular complexity index is 2420. The Morgan fingerprint density at radius 3 is 1.75 bits per heavy atom. The van der Waals surface area contributed by atoms with Gasteiger partial charge in [-0.15, -0.1) is 0 Å². The Hall–Kier alpha value is -6.64. The van der Waals surface area contributed by atoms with E-state index in [4.69, 9.17) is 47.4 Å². The highest BCUT2D eigenvalue weighted by atomic mass is 16.6. The van der Waals surface area contributed by atoms with E-state index in [2.05, 4.69) is 33.2 Å². The molecule has 0 saturated carbocycles. The summed E-state index contributed by atoms with van der Waals surface area (Å²) in [5.41, 5.74) is 3.28. The lowest BCUT2D eigenvalue weighted by atomic mass is 10.0. The van der Waals surface area contributed by atoms with Crippen LogP contribution in [0.3, 0.4) is 0 Å². The van der Waals surface area contributed by atoms with Gasteiger partial charge in [0.15, 0.2) is 11.5 Å². The highest BCUT2D eigenvalue weighted by Crippen LogP contribution is 2.40. The quantitative estimate of drug-likeness (QED) is 0.0548. The number of amides is 7. The number of ether oxygens (including phenoxy) is 10. The molecule has 0 bridgehead atoms. The van der Waals surface area contributed by atoms with Crippen molar-refractivity contribution in [3.05, 3.63) is 65.9 Å². The fourth-order valence-electron chi connectivity index (χ4n) is 8.09. The average molecular weight is 1140 g/mol. The molecule has 2 aromatic rings. The molecule has 446 valence electrons. The summed E-state index contributed by atoms with van der Waals surface area (Å²) in [4.78, 5) is 95.2. The maximum Gasteiger partial charge on any atom is 0.260 e. The van der Waals surface area contributed by atoms with E-state index in [0.29, 0.717) is 141 Å².